The summed E-state index contributed by atoms with van der Waals surface area (Å²) in [7, 11) is -3.71. The van der Waals surface area contributed by atoms with E-state index in [0.717, 1.165) is 86.7 Å². The van der Waals surface area contributed by atoms with E-state index in [2.05, 4.69) is 4.90 Å². The molecule has 2 N–H and O–H groups in total. The molecule has 0 saturated carbocycles. The summed E-state index contributed by atoms with van der Waals surface area (Å²) in [6.07, 6.45) is 2.27. The zero-order chi connectivity index (χ0) is 35.8. The Morgan fingerprint density at radius 2 is 1.51 bits per heavy atom. The first-order valence-electron chi connectivity index (χ1n) is 17.2. The summed E-state index contributed by atoms with van der Waals surface area (Å²) in [6.45, 7) is 1.85. The van der Waals surface area contributed by atoms with Crippen LogP contribution in [0.3, 0.4) is 0 Å². The zero-order valence-electron chi connectivity index (χ0n) is 27.6. The maximum Gasteiger partial charge on any atom is 0.453 e. The van der Waals surface area contributed by atoms with Gasteiger partial charge in [-0.3, -0.25) is 0 Å². The summed E-state index contributed by atoms with van der Waals surface area (Å²) >= 11 is 0. The normalized spacial score (nSPS) is 17.8. The lowest BCUT2D eigenvalue weighted by atomic mass is 9.88. The third-order valence-electron chi connectivity index (χ3n) is 9.75. The molecule has 1 fully saturated rings. The number of fused-ring (bicyclic) bond motifs is 1. The van der Waals surface area contributed by atoms with E-state index < -0.39 is 57.9 Å². The summed E-state index contributed by atoms with van der Waals surface area (Å²) in [5, 5.41) is 20.0. The van der Waals surface area contributed by atoms with Crippen molar-refractivity contribution in [3.8, 4) is 11.5 Å². The van der Waals surface area contributed by atoms with Gasteiger partial charge in [0.05, 0.1) is 11.5 Å². The Morgan fingerprint density at radius 1 is 0.796 bits per heavy atom. The topological polar surface area (TPSA) is 77.8 Å². The highest BCUT2D eigenvalue weighted by Crippen LogP contribution is 2.42. The maximum atomic E-state index is 14.5. The lowest BCUT2D eigenvalue weighted by Crippen LogP contribution is -2.36. The van der Waals surface area contributed by atoms with Crippen molar-refractivity contribution in [2.24, 2.45) is 0 Å². The van der Waals surface area contributed by atoms with E-state index in [1.165, 1.54) is 24.3 Å². The molecule has 2 aromatic carbocycles. The molecule has 2 aliphatic rings. The lowest BCUT2D eigenvalue weighted by Gasteiger charge is -2.24. The van der Waals surface area contributed by atoms with Crippen LogP contribution in [0.15, 0.2) is 30.3 Å². The van der Waals surface area contributed by atoms with Gasteiger partial charge < -0.3 is 15.1 Å². The van der Waals surface area contributed by atoms with Crippen LogP contribution in [-0.4, -0.2) is 66.3 Å². The number of phenolic OH excluding ortho intramolecular Hbond substituents is 2. The molecule has 0 aromatic heterocycles. The number of aryl methyl sites for hydroxylation is 1. The van der Waals surface area contributed by atoms with Gasteiger partial charge in [-0.15, -0.1) is 0 Å². The zero-order valence-corrected chi connectivity index (χ0v) is 28.4. The molecule has 0 bridgehead atoms. The third-order valence-corrected chi connectivity index (χ3v) is 11.6. The number of aromatic hydroxyl groups is 2. The fraction of sp³-hybridized carbons (Fsp3) is 0.611. The van der Waals surface area contributed by atoms with Gasteiger partial charge in [0.15, 0.2) is 23.1 Å². The van der Waals surface area contributed by atoms with Gasteiger partial charge in [0, 0.05) is 12.5 Å². The van der Waals surface area contributed by atoms with Gasteiger partial charge >= 0.3 is 12.1 Å². The highest BCUT2D eigenvalue weighted by atomic mass is 32.2. The van der Waals surface area contributed by atoms with E-state index in [9.17, 15) is 49.4 Å². The van der Waals surface area contributed by atoms with Crippen LogP contribution < -0.4 is 0 Å². The number of alkyl halides is 5. The summed E-state index contributed by atoms with van der Waals surface area (Å²) in [5.74, 6) is -8.04. The lowest BCUT2D eigenvalue weighted by molar-refractivity contribution is -0.284. The summed E-state index contributed by atoms with van der Waals surface area (Å²) in [6, 6.07) is 7.44. The van der Waals surface area contributed by atoms with Crippen molar-refractivity contribution in [3.05, 3.63) is 58.7 Å². The van der Waals surface area contributed by atoms with Gasteiger partial charge in [0.1, 0.15) is 9.84 Å². The largest absolute Gasteiger partial charge is 0.505 e. The Hall–Kier alpha value is -2.80. The molecule has 49 heavy (non-hydrogen) atoms. The Bertz CT molecular complexity index is 1560. The van der Waals surface area contributed by atoms with E-state index in [0.29, 0.717) is 43.7 Å². The predicted molar refractivity (Wildman–Crippen MR) is 176 cm³/mol. The highest BCUT2D eigenvalue weighted by molar-refractivity contribution is 7.91. The standard InChI is InChI=1S/C36H46F7NO4S/c37-31-16-15-26(23-33(31)45)28-14-7-10-25-22-34(46)32(38)24-30(25)29(28)13-3-1-2-5-18-44-19-8-12-27(44)11-4-6-20-49(47,48)21-9-17-35(39,40)36(41,42)43/h15-16,22-24,27,45-46H,1-14,17-21H2/t27-/m1/s1. The third kappa shape index (κ3) is 10.8. The molecule has 0 unspecified atom stereocenters. The monoisotopic (exact) mass is 721 g/mol. The molecular formula is C36H46F7NO4S. The number of likely N-dealkylation sites (tertiary alicyclic amines) is 1. The smallest absolute Gasteiger partial charge is 0.453 e. The number of unbranched alkanes of at least 4 members (excludes halogenated alkanes) is 4. The number of hydrogen-bond acceptors (Lipinski definition) is 5. The number of sulfone groups is 1. The van der Waals surface area contributed by atoms with E-state index >= 15 is 0 Å². The Morgan fingerprint density at radius 3 is 2.24 bits per heavy atom. The minimum Gasteiger partial charge on any atom is -0.505 e. The minimum atomic E-state index is -5.68. The van der Waals surface area contributed by atoms with Crippen LogP contribution in [0.2, 0.25) is 0 Å². The minimum absolute atomic E-state index is 0.226. The number of rotatable bonds is 17. The van der Waals surface area contributed by atoms with Gasteiger partial charge in [0.25, 0.3) is 0 Å². The van der Waals surface area contributed by atoms with Crippen LogP contribution in [0.4, 0.5) is 30.7 Å². The molecule has 13 heteroatoms. The number of nitrogens with zero attached hydrogens (tertiary/aromatic N) is 1. The van der Waals surface area contributed by atoms with Crippen molar-refractivity contribution >= 4 is 21.0 Å². The molecular weight excluding hydrogens is 675 g/mol. The number of benzene rings is 2. The second-order valence-electron chi connectivity index (χ2n) is 13.4. The van der Waals surface area contributed by atoms with E-state index in [1.807, 2.05) is 0 Å². The first-order chi connectivity index (χ1) is 23.1. The van der Waals surface area contributed by atoms with Gasteiger partial charge in [-0.25, -0.2) is 17.2 Å². The molecule has 1 aliphatic carbocycles. The molecule has 1 saturated heterocycles. The maximum absolute atomic E-state index is 14.5. The van der Waals surface area contributed by atoms with Crippen molar-refractivity contribution in [1.82, 2.24) is 4.90 Å². The fourth-order valence-corrected chi connectivity index (χ4v) is 8.55. The Balaban J connectivity index is 1.23. The van der Waals surface area contributed by atoms with Crippen molar-refractivity contribution in [2.75, 3.05) is 24.6 Å². The molecule has 2 aromatic rings. The quantitative estimate of drug-likeness (QED) is 0.126. The molecule has 1 heterocycles. The van der Waals surface area contributed by atoms with Crippen LogP contribution in [-0.2, 0) is 16.3 Å². The Kier molecular flexibility index (Phi) is 13.5. The van der Waals surface area contributed by atoms with E-state index in [1.54, 1.807) is 6.07 Å². The molecule has 274 valence electrons. The van der Waals surface area contributed by atoms with Gasteiger partial charge in [-0.05, 0) is 136 Å². The van der Waals surface area contributed by atoms with Crippen LogP contribution in [0.1, 0.15) is 107 Å². The van der Waals surface area contributed by atoms with Crippen LogP contribution in [0.25, 0.3) is 11.1 Å². The number of phenols is 2. The van der Waals surface area contributed by atoms with E-state index in [-0.39, 0.29) is 11.5 Å². The first-order valence-corrected chi connectivity index (χ1v) is 19.0. The molecule has 0 radical (unpaired) electrons. The van der Waals surface area contributed by atoms with E-state index in [4.69, 9.17) is 0 Å². The summed E-state index contributed by atoms with van der Waals surface area (Å²) in [5.41, 5.74) is 4.17. The van der Waals surface area contributed by atoms with Crippen molar-refractivity contribution in [3.63, 3.8) is 0 Å². The predicted octanol–water partition coefficient (Wildman–Crippen LogP) is 9.60. The average molecular weight is 722 g/mol. The number of hydrogen-bond donors (Lipinski definition) is 2. The van der Waals surface area contributed by atoms with Crippen molar-refractivity contribution in [2.45, 2.75) is 114 Å². The van der Waals surface area contributed by atoms with Crippen LogP contribution in [0.5, 0.6) is 11.5 Å². The summed E-state index contributed by atoms with van der Waals surface area (Å²) < 4.78 is 116. The fourth-order valence-electron chi connectivity index (χ4n) is 7.11. The molecule has 1 atom stereocenters. The summed E-state index contributed by atoms with van der Waals surface area (Å²) in [4.78, 5) is 2.41. The Labute approximate surface area is 284 Å². The van der Waals surface area contributed by atoms with Crippen molar-refractivity contribution in [1.29, 1.82) is 0 Å². The average Bonchev–Trinajstić information content (AvgIpc) is 3.39. The first kappa shape index (κ1) is 39.0. The van der Waals surface area contributed by atoms with Gasteiger partial charge in [-0.1, -0.05) is 25.3 Å². The second kappa shape index (κ2) is 16.9. The molecule has 4 rings (SSSR count). The molecule has 0 spiro atoms. The van der Waals surface area contributed by atoms with Crippen LogP contribution in [0, 0.1) is 11.6 Å². The molecule has 0 amide bonds. The highest BCUT2D eigenvalue weighted by Gasteiger charge is 2.56. The SMILES string of the molecule is O=S(=O)(CCCC[C@@H]1CCCN1CCCCCCC1=C(c2ccc(F)c(O)c2)CCCc2cc(O)c(F)cc21)CCCC(F)(F)C(F)(F)F. The second-order valence-corrected chi connectivity index (χ2v) is 15.7. The van der Waals surface area contributed by atoms with Crippen LogP contribution >= 0.6 is 0 Å². The molecule has 1 aliphatic heterocycles. The molecule has 5 nitrogen and oxygen atoms in total. The number of allylic oxidation sites excluding steroid dienone is 2. The van der Waals surface area contributed by atoms with Gasteiger partial charge in [0.2, 0.25) is 0 Å². The van der Waals surface area contributed by atoms with Gasteiger partial charge in [-0.2, -0.15) is 22.0 Å². The number of halogens is 7. The van der Waals surface area contributed by atoms with Crippen molar-refractivity contribution < 1.29 is 49.4 Å².